The van der Waals surface area contributed by atoms with E-state index in [1.54, 1.807) is 11.0 Å². The number of carboxylic acids is 1. The second kappa shape index (κ2) is 8.36. The molecule has 1 atom stereocenters. The maximum Gasteiger partial charge on any atom is 0.391 e. The number of carboxylic acid groups (broad SMARTS) is 1. The minimum Gasteiger partial charge on any atom is -0.491 e. The molecule has 2 aliphatic rings. The van der Waals surface area contributed by atoms with Crippen molar-refractivity contribution in [2.45, 2.75) is 38.3 Å². The number of aromatic nitrogens is 1. The van der Waals surface area contributed by atoms with Gasteiger partial charge in [0.2, 0.25) is 5.91 Å². The average Bonchev–Trinajstić information content (AvgIpc) is 3.14. The van der Waals surface area contributed by atoms with Gasteiger partial charge < -0.3 is 14.7 Å². The van der Waals surface area contributed by atoms with Gasteiger partial charge in [0.15, 0.2) is 11.4 Å². The number of carbonyl (C=O) groups is 2. The summed E-state index contributed by atoms with van der Waals surface area (Å²) in [7, 11) is 0. The number of amides is 1. The molecule has 6 nitrogen and oxygen atoms in total. The molecule has 0 bridgehead atoms. The Bertz CT molecular complexity index is 717. The van der Waals surface area contributed by atoms with Crippen LogP contribution < -0.4 is 4.74 Å². The highest BCUT2D eigenvalue weighted by atomic mass is 19.4. The molecule has 1 aromatic heterocycles. The molecule has 2 heterocycles. The van der Waals surface area contributed by atoms with Crippen LogP contribution in [0.25, 0.3) is 0 Å². The summed E-state index contributed by atoms with van der Waals surface area (Å²) in [6.07, 6.45) is -1.51. The Morgan fingerprint density at radius 2 is 1.93 bits per heavy atom. The highest BCUT2D eigenvalue weighted by molar-refractivity contribution is 5.88. The Kier molecular flexibility index (Phi) is 6.10. The number of aromatic carboxylic acids is 1. The van der Waals surface area contributed by atoms with Gasteiger partial charge in [0, 0.05) is 31.1 Å². The SMILES string of the molecule is O=C(O)c1ncccc1OCC1CCN(C(=O)C2CCC(C(F)(F)F)CC2)C1. The quantitative estimate of drug-likeness (QED) is 0.820. The Balaban J connectivity index is 1.48. The van der Waals surface area contributed by atoms with Crippen LogP contribution in [0.2, 0.25) is 0 Å². The van der Waals surface area contributed by atoms with Crippen molar-refractivity contribution < 1.29 is 32.6 Å². The summed E-state index contributed by atoms with van der Waals surface area (Å²) in [6, 6.07) is 3.12. The van der Waals surface area contributed by atoms with Gasteiger partial charge in [0.05, 0.1) is 12.5 Å². The highest BCUT2D eigenvalue weighted by Gasteiger charge is 2.43. The fourth-order valence-corrected chi connectivity index (χ4v) is 3.97. The summed E-state index contributed by atoms with van der Waals surface area (Å²) in [5.41, 5.74) is -0.158. The number of hydrogen-bond acceptors (Lipinski definition) is 4. The van der Waals surface area contributed by atoms with Crippen LogP contribution in [0.3, 0.4) is 0 Å². The summed E-state index contributed by atoms with van der Waals surface area (Å²) in [6.45, 7) is 1.28. The average molecular weight is 400 g/mol. The molecule has 0 radical (unpaired) electrons. The molecule has 1 unspecified atom stereocenters. The Morgan fingerprint density at radius 3 is 2.57 bits per heavy atom. The minimum atomic E-state index is -4.18. The van der Waals surface area contributed by atoms with E-state index >= 15 is 0 Å². The number of rotatable bonds is 5. The van der Waals surface area contributed by atoms with E-state index in [9.17, 15) is 22.8 Å². The van der Waals surface area contributed by atoms with Gasteiger partial charge >= 0.3 is 12.1 Å². The summed E-state index contributed by atoms with van der Waals surface area (Å²) in [4.78, 5) is 29.3. The molecule has 1 N–H and O–H groups in total. The van der Waals surface area contributed by atoms with Gasteiger partial charge in [-0.3, -0.25) is 4.79 Å². The second-order valence-electron chi connectivity index (χ2n) is 7.50. The van der Waals surface area contributed by atoms with Crippen molar-refractivity contribution in [3.63, 3.8) is 0 Å². The van der Waals surface area contributed by atoms with Crippen molar-refractivity contribution >= 4 is 11.9 Å². The molecular formula is C19H23F3N2O4. The van der Waals surface area contributed by atoms with Crippen LogP contribution in [-0.4, -0.2) is 52.7 Å². The maximum atomic E-state index is 12.8. The maximum absolute atomic E-state index is 12.8. The van der Waals surface area contributed by atoms with E-state index in [4.69, 9.17) is 9.84 Å². The fourth-order valence-electron chi connectivity index (χ4n) is 3.97. The number of pyridine rings is 1. The normalized spacial score (nSPS) is 25.5. The third-order valence-electron chi connectivity index (χ3n) is 5.58. The number of carbonyl (C=O) groups excluding carboxylic acids is 1. The molecule has 154 valence electrons. The van der Waals surface area contributed by atoms with Crippen LogP contribution in [0, 0.1) is 17.8 Å². The van der Waals surface area contributed by atoms with Crippen molar-refractivity contribution in [1.29, 1.82) is 0 Å². The zero-order valence-electron chi connectivity index (χ0n) is 15.3. The molecule has 9 heteroatoms. The first-order valence-electron chi connectivity index (χ1n) is 9.42. The van der Waals surface area contributed by atoms with Crippen molar-refractivity contribution in [3.8, 4) is 5.75 Å². The van der Waals surface area contributed by atoms with Gasteiger partial charge in [-0.2, -0.15) is 13.2 Å². The summed E-state index contributed by atoms with van der Waals surface area (Å²) < 4.78 is 43.9. The largest absolute Gasteiger partial charge is 0.491 e. The Labute approximate surface area is 160 Å². The zero-order chi connectivity index (χ0) is 20.3. The number of ether oxygens (including phenoxy) is 1. The van der Waals surface area contributed by atoms with E-state index in [1.165, 1.54) is 12.3 Å². The predicted molar refractivity (Wildman–Crippen MR) is 92.9 cm³/mol. The number of hydrogen-bond donors (Lipinski definition) is 1. The first-order valence-corrected chi connectivity index (χ1v) is 9.42. The topological polar surface area (TPSA) is 79.7 Å². The van der Waals surface area contributed by atoms with Gasteiger partial charge in [0.1, 0.15) is 0 Å². The van der Waals surface area contributed by atoms with Crippen LogP contribution in [0.4, 0.5) is 13.2 Å². The van der Waals surface area contributed by atoms with Gasteiger partial charge in [-0.15, -0.1) is 0 Å². The molecular weight excluding hydrogens is 377 g/mol. The lowest BCUT2D eigenvalue weighted by Gasteiger charge is -2.31. The Hall–Kier alpha value is -2.32. The van der Waals surface area contributed by atoms with Gasteiger partial charge in [-0.05, 0) is 44.2 Å². The van der Waals surface area contributed by atoms with Gasteiger partial charge in [-0.1, -0.05) is 0 Å². The smallest absolute Gasteiger partial charge is 0.391 e. The summed E-state index contributed by atoms with van der Waals surface area (Å²) in [5, 5.41) is 9.12. The minimum absolute atomic E-state index is 0.0132. The number of likely N-dealkylation sites (tertiary alicyclic amines) is 1. The van der Waals surface area contributed by atoms with Gasteiger partial charge in [-0.25, -0.2) is 9.78 Å². The van der Waals surface area contributed by atoms with E-state index in [1.807, 2.05) is 0 Å². The first-order chi connectivity index (χ1) is 13.3. The van der Waals surface area contributed by atoms with E-state index < -0.39 is 18.1 Å². The number of alkyl halides is 3. The molecule has 1 aromatic rings. The van der Waals surface area contributed by atoms with E-state index in [0.717, 1.165) is 0 Å². The van der Waals surface area contributed by atoms with Crippen LogP contribution in [0.5, 0.6) is 5.75 Å². The van der Waals surface area contributed by atoms with Gasteiger partial charge in [0.25, 0.3) is 0 Å². The molecule has 1 aliphatic carbocycles. The highest BCUT2D eigenvalue weighted by Crippen LogP contribution is 2.40. The molecule has 28 heavy (non-hydrogen) atoms. The standard InChI is InChI=1S/C19H23F3N2O4/c20-19(21,22)14-5-3-13(4-6-14)17(25)24-9-7-12(10-24)11-28-15-2-1-8-23-16(15)18(26)27/h1-2,8,12-14H,3-7,9-11H2,(H,26,27). The van der Waals surface area contributed by atoms with Crippen LogP contribution >= 0.6 is 0 Å². The van der Waals surface area contributed by atoms with E-state index in [0.29, 0.717) is 19.5 Å². The first kappa shape index (κ1) is 20.4. The summed E-state index contributed by atoms with van der Waals surface area (Å²) >= 11 is 0. The van der Waals surface area contributed by atoms with Crippen LogP contribution in [-0.2, 0) is 4.79 Å². The molecule has 0 aromatic carbocycles. The fraction of sp³-hybridized carbons (Fsp3) is 0.632. The van der Waals surface area contributed by atoms with E-state index in [-0.39, 0.29) is 61.5 Å². The zero-order valence-corrected chi connectivity index (χ0v) is 15.3. The Morgan fingerprint density at radius 1 is 1.21 bits per heavy atom. The molecule has 3 rings (SSSR count). The number of nitrogens with zero attached hydrogens (tertiary/aromatic N) is 2. The van der Waals surface area contributed by atoms with Crippen molar-refractivity contribution in [2.75, 3.05) is 19.7 Å². The van der Waals surface area contributed by atoms with Crippen molar-refractivity contribution in [3.05, 3.63) is 24.0 Å². The third-order valence-corrected chi connectivity index (χ3v) is 5.58. The molecule has 1 aliphatic heterocycles. The van der Waals surface area contributed by atoms with Crippen molar-refractivity contribution in [1.82, 2.24) is 9.88 Å². The lowest BCUT2D eigenvalue weighted by Crippen LogP contribution is -2.38. The van der Waals surface area contributed by atoms with Crippen LogP contribution in [0.15, 0.2) is 18.3 Å². The molecule has 2 fully saturated rings. The molecule has 1 amide bonds. The third kappa shape index (κ3) is 4.74. The lowest BCUT2D eigenvalue weighted by molar-refractivity contribution is -0.185. The second-order valence-corrected chi connectivity index (χ2v) is 7.50. The van der Waals surface area contributed by atoms with E-state index in [2.05, 4.69) is 4.98 Å². The molecule has 0 spiro atoms. The van der Waals surface area contributed by atoms with Crippen molar-refractivity contribution in [2.24, 2.45) is 17.8 Å². The molecule has 1 saturated carbocycles. The predicted octanol–water partition coefficient (Wildman–Crippen LogP) is 3.38. The monoisotopic (exact) mass is 400 g/mol. The lowest BCUT2D eigenvalue weighted by atomic mass is 9.81. The number of halogens is 3. The molecule has 1 saturated heterocycles. The summed E-state index contributed by atoms with van der Waals surface area (Å²) in [5.74, 6) is -2.64. The van der Waals surface area contributed by atoms with Crippen LogP contribution in [0.1, 0.15) is 42.6 Å².